The smallest absolute Gasteiger partial charge is 0.122 e. The van der Waals surface area contributed by atoms with Crippen molar-refractivity contribution in [1.29, 1.82) is 0 Å². The van der Waals surface area contributed by atoms with Crippen LogP contribution < -0.4 is 9.47 Å². The summed E-state index contributed by atoms with van der Waals surface area (Å²) in [7, 11) is 3.13. The summed E-state index contributed by atoms with van der Waals surface area (Å²) in [4.78, 5) is 0. The third-order valence-electron chi connectivity index (χ3n) is 1.52. The van der Waals surface area contributed by atoms with Crippen molar-refractivity contribution in [3.63, 3.8) is 0 Å². The van der Waals surface area contributed by atoms with Crippen molar-refractivity contribution in [2.45, 2.75) is 0 Å². The molecule has 0 saturated carbocycles. The van der Waals surface area contributed by atoms with E-state index in [1.807, 2.05) is 0 Å². The topological polar surface area (TPSA) is 38.7 Å². The fourth-order valence-electron chi connectivity index (χ4n) is 0.904. The molecule has 0 aromatic heterocycles. The molecule has 65 valence electrons. The molecule has 3 nitrogen and oxygen atoms in total. The molecular weight excluding hydrogens is 156 g/mol. The first-order valence-corrected chi connectivity index (χ1v) is 3.50. The predicted octanol–water partition coefficient (Wildman–Crippen LogP) is 1.59. The van der Waals surface area contributed by atoms with E-state index in [1.54, 1.807) is 32.4 Å². The van der Waals surface area contributed by atoms with E-state index in [4.69, 9.17) is 14.6 Å². The molecule has 0 spiro atoms. The lowest BCUT2D eigenvalue weighted by atomic mass is 10.2. The summed E-state index contributed by atoms with van der Waals surface area (Å²) in [6.45, 7) is 1.01. The van der Waals surface area contributed by atoms with E-state index in [1.165, 1.54) is 0 Å². The van der Waals surface area contributed by atoms with Gasteiger partial charge < -0.3 is 14.6 Å². The zero-order valence-electron chi connectivity index (χ0n) is 7.07. The molecule has 1 aromatic rings. The molecule has 1 aromatic carbocycles. The highest BCUT2D eigenvalue weighted by Gasteiger charge is 1.99. The molecule has 1 radical (unpaired) electrons. The fraction of sp³-hybridized carbons (Fsp3) is 0.222. The van der Waals surface area contributed by atoms with Gasteiger partial charge in [0.2, 0.25) is 0 Å². The molecule has 0 amide bonds. The van der Waals surface area contributed by atoms with Crippen LogP contribution >= 0.6 is 0 Å². The van der Waals surface area contributed by atoms with Crippen molar-refractivity contribution in [3.8, 4) is 11.5 Å². The lowest BCUT2D eigenvalue weighted by Crippen LogP contribution is -1.89. The fourth-order valence-corrected chi connectivity index (χ4v) is 0.904. The van der Waals surface area contributed by atoms with Crippen LogP contribution in [0.4, 0.5) is 0 Å². The maximum absolute atomic E-state index is 8.74. The highest BCUT2D eigenvalue weighted by molar-refractivity contribution is 5.40. The van der Waals surface area contributed by atoms with Crippen LogP contribution in [0.5, 0.6) is 11.5 Å². The Bertz CT molecular complexity index is 203. The van der Waals surface area contributed by atoms with E-state index in [9.17, 15) is 0 Å². The van der Waals surface area contributed by atoms with Crippen molar-refractivity contribution in [3.05, 3.63) is 30.4 Å². The van der Waals surface area contributed by atoms with Gasteiger partial charge >= 0.3 is 0 Å². The van der Waals surface area contributed by atoms with Crippen LogP contribution in [0.25, 0.3) is 0 Å². The van der Waals surface area contributed by atoms with Crippen LogP contribution in [0.2, 0.25) is 0 Å². The van der Waals surface area contributed by atoms with Gasteiger partial charge in [-0.15, -0.1) is 0 Å². The summed E-state index contributed by atoms with van der Waals surface area (Å²) >= 11 is 0. The highest BCUT2D eigenvalue weighted by atomic mass is 16.5. The van der Waals surface area contributed by atoms with Crippen molar-refractivity contribution in [2.24, 2.45) is 0 Å². The average Bonchev–Trinajstić information content (AvgIpc) is 2.16. The van der Waals surface area contributed by atoms with E-state index >= 15 is 0 Å². The molecule has 0 atom stereocenters. The number of rotatable bonds is 3. The van der Waals surface area contributed by atoms with E-state index in [-0.39, 0.29) is 0 Å². The van der Waals surface area contributed by atoms with Crippen LogP contribution in [-0.2, 0) is 0 Å². The van der Waals surface area contributed by atoms with Gasteiger partial charge in [0.25, 0.3) is 0 Å². The second-order valence-corrected chi connectivity index (χ2v) is 2.28. The summed E-state index contributed by atoms with van der Waals surface area (Å²) in [6.07, 6.45) is 0. The van der Waals surface area contributed by atoms with Crippen LogP contribution in [-0.4, -0.2) is 19.3 Å². The van der Waals surface area contributed by atoms with Gasteiger partial charge in [-0.05, 0) is 17.7 Å². The number of benzene rings is 1. The Kier molecular flexibility index (Phi) is 2.94. The summed E-state index contributed by atoms with van der Waals surface area (Å²) in [5.74, 6) is 1.32. The Balaban J connectivity index is 3.01. The first-order chi connectivity index (χ1) is 5.80. The number of aliphatic hydroxyl groups is 1. The van der Waals surface area contributed by atoms with Gasteiger partial charge in [0, 0.05) is 6.07 Å². The monoisotopic (exact) mass is 167 g/mol. The molecule has 0 aliphatic carbocycles. The average molecular weight is 167 g/mol. The molecule has 1 N–H and O–H groups in total. The first kappa shape index (κ1) is 8.87. The second kappa shape index (κ2) is 3.97. The molecule has 0 bridgehead atoms. The lowest BCUT2D eigenvalue weighted by molar-refractivity contribution is 0.387. The standard InChI is InChI=1S/C9H11O3/c1-11-8-3-7(6-10)4-9(5-8)12-2/h3-6,10H,1-2H3. The normalized spacial score (nSPS) is 9.58. The molecule has 0 fully saturated rings. The number of hydrogen-bond donors (Lipinski definition) is 1. The maximum atomic E-state index is 8.74. The summed E-state index contributed by atoms with van der Waals surface area (Å²) in [5, 5.41) is 8.74. The molecule has 1 rings (SSSR count). The third kappa shape index (κ3) is 1.89. The molecule has 0 saturated heterocycles. The van der Waals surface area contributed by atoms with Gasteiger partial charge in [-0.3, -0.25) is 0 Å². The van der Waals surface area contributed by atoms with E-state index in [0.717, 1.165) is 6.61 Å². The van der Waals surface area contributed by atoms with Gasteiger partial charge in [-0.2, -0.15) is 0 Å². The van der Waals surface area contributed by atoms with E-state index < -0.39 is 0 Å². The summed E-state index contributed by atoms with van der Waals surface area (Å²) < 4.78 is 9.98. The minimum absolute atomic E-state index is 0.659. The van der Waals surface area contributed by atoms with Gasteiger partial charge in [-0.1, -0.05) is 0 Å². The number of aliphatic hydroxyl groups excluding tert-OH is 1. The number of methoxy groups -OCH3 is 2. The molecule has 0 unspecified atom stereocenters. The maximum Gasteiger partial charge on any atom is 0.122 e. The Morgan fingerprint density at radius 1 is 1.08 bits per heavy atom. The zero-order chi connectivity index (χ0) is 8.97. The highest BCUT2D eigenvalue weighted by Crippen LogP contribution is 2.22. The molecule has 0 aliphatic heterocycles. The van der Waals surface area contributed by atoms with Gasteiger partial charge in [-0.25, -0.2) is 0 Å². The van der Waals surface area contributed by atoms with E-state index in [0.29, 0.717) is 17.1 Å². The lowest BCUT2D eigenvalue weighted by Gasteiger charge is -2.05. The minimum atomic E-state index is 0.659. The van der Waals surface area contributed by atoms with Crippen LogP contribution in [0.3, 0.4) is 0 Å². The minimum Gasteiger partial charge on any atom is -0.497 e. The first-order valence-electron chi connectivity index (χ1n) is 3.50. The van der Waals surface area contributed by atoms with E-state index in [2.05, 4.69) is 0 Å². The molecule has 0 heterocycles. The van der Waals surface area contributed by atoms with Gasteiger partial charge in [0.05, 0.1) is 14.2 Å². The van der Waals surface area contributed by atoms with Gasteiger partial charge in [0.15, 0.2) is 0 Å². The summed E-state index contributed by atoms with van der Waals surface area (Å²) in [5.41, 5.74) is 0.659. The van der Waals surface area contributed by atoms with Crippen LogP contribution in [0, 0.1) is 6.61 Å². The number of ether oxygens (including phenoxy) is 2. The summed E-state index contributed by atoms with van der Waals surface area (Å²) in [6, 6.07) is 5.16. The third-order valence-corrected chi connectivity index (χ3v) is 1.52. The number of hydrogen-bond acceptors (Lipinski definition) is 3. The Hall–Kier alpha value is -1.22. The van der Waals surface area contributed by atoms with Crippen molar-refractivity contribution >= 4 is 0 Å². The predicted molar refractivity (Wildman–Crippen MR) is 44.9 cm³/mol. The van der Waals surface area contributed by atoms with Crippen LogP contribution in [0.1, 0.15) is 5.56 Å². The SMILES string of the molecule is COc1cc([CH]O)cc(OC)c1. The van der Waals surface area contributed by atoms with Crippen molar-refractivity contribution in [2.75, 3.05) is 14.2 Å². The molecule has 12 heavy (non-hydrogen) atoms. The van der Waals surface area contributed by atoms with Crippen LogP contribution in [0.15, 0.2) is 18.2 Å². The molecular formula is C9H11O3. The largest absolute Gasteiger partial charge is 0.497 e. The molecule has 0 aliphatic rings. The second-order valence-electron chi connectivity index (χ2n) is 2.28. The van der Waals surface area contributed by atoms with Crippen molar-refractivity contribution < 1.29 is 14.6 Å². The Labute approximate surface area is 71.5 Å². The molecule has 3 heteroatoms. The quantitative estimate of drug-likeness (QED) is 0.742. The zero-order valence-corrected chi connectivity index (χ0v) is 7.07. The van der Waals surface area contributed by atoms with Crippen molar-refractivity contribution in [1.82, 2.24) is 0 Å². The Morgan fingerprint density at radius 3 is 1.92 bits per heavy atom. The Morgan fingerprint density at radius 2 is 1.58 bits per heavy atom. The van der Waals surface area contributed by atoms with Gasteiger partial charge in [0.1, 0.15) is 18.1 Å².